The van der Waals surface area contributed by atoms with Gasteiger partial charge in [0.2, 0.25) is 5.75 Å². The maximum atomic E-state index is 9.54. The number of phenols is 1. The van der Waals surface area contributed by atoms with Gasteiger partial charge in [-0.25, -0.2) is 0 Å². The van der Waals surface area contributed by atoms with E-state index >= 15 is 0 Å². The van der Waals surface area contributed by atoms with Crippen molar-refractivity contribution >= 4 is 15.9 Å². The van der Waals surface area contributed by atoms with Crippen molar-refractivity contribution in [2.45, 2.75) is 5.33 Å². The Labute approximate surface area is 85.4 Å². The summed E-state index contributed by atoms with van der Waals surface area (Å²) in [6.07, 6.45) is 0. The van der Waals surface area contributed by atoms with Crippen molar-refractivity contribution in [2.24, 2.45) is 0 Å². The highest BCUT2D eigenvalue weighted by Crippen LogP contribution is 2.37. The average molecular weight is 247 g/mol. The van der Waals surface area contributed by atoms with Crippen molar-refractivity contribution in [1.29, 1.82) is 0 Å². The van der Waals surface area contributed by atoms with Crippen LogP contribution in [0.5, 0.6) is 17.2 Å². The van der Waals surface area contributed by atoms with Gasteiger partial charge in [-0.2, -0.15) is 0 Å². The summed E-state index contributed by atoms with van der Waals surface area (Å²) in [6.45, 7) is 0. The lowest BCUT2D eigenvalue weighted by Gasteiger charge is -2.09. The number of alkyl halides is 1. The van der Waals surface area contributed by atoms with E-state index in [4.69, 9.17) is 9.47 Å². The third-order valence-electron chi connectivity index (χ3n) is 1.69. The van der Waals surface area contributed by atoms with Gasteiger partial charge >= 0.3 is 0 Å². The Morgan fingerprint density at radius 2 is 1.69 bits per heavy atom. The summed E-state index contributed by atoms with van der Waals surface area (Å²) in [5.41, 5.74) is 0.992. The minimum atomic E-state index is 0.0368. The number of hydrogen-bond donors (Lipinski definition) is 1. The van der Waals surface area contributed by atoms with Crippen LogP contribution in [0.4, 0.5) is 0 Å². The first-order valence-electron chi connectivity index (χ1n) is 3.72. The quantitative estimate of drug-likeness (QED) is 0.833. The van der Waals surface area contributed by atoms with Crippen LogP contribution in [-0.2, 0) is 5.33 Å². The second-order valence-electron chi connectivity index (χ2n) is 2.48. The normalized spacial score (nSPS) is 9.77. The molecule has 0 saturated heterocycles. The fraction of sp³-hybridized carbons (Fsp3) is 0.333. The van der Waals surface area contributed by atoms with E-state index in [1.165, 1.54) is 14.2 Å². The van der Waals surface area contributed by atoms with Gasteiger partial charge < -0.3 is 14.6 Å². The van der Waals surface area contributed by atoms with Crippen LogP contribution < -0.4 is 9.47 Å². The highest BCUT2D eigenvalue weighted by molar-refractivity contribution is 9.08. The molecule has 0 unspecified atom stereocenters. The first-order valence-corrected chi connectivity index (χ1v) is 4.85. The minimum Gasteiger partial charge on any atom is -0.502 e. The summed E-state index contributed by atoms with van der Waals surface area (Å²) >= 11 is 3.32. The Balaban J connectivity index is 3.20. The second kappa shape index (κ2) is 4.37. The zero-order chi connectivity index (χ0) is 9.84. The molecule has 72 valence electrons. The van der Waals surface area contributed by atoms with Gasteiger partial charge in [0.1, 0.15) is 0 Å². The van der Waals surface area contributed by atoms with E-state index in [9.17, 15) is 5.11 Å². The maximum absolute atomic E-state index is 9.54. The number of hydrogen-bond acceptors (Lipinski definition) is 3. The molecule has 0 amide bonds. The van der Waals surface area contributed by atoms with E-state index < -0.39 is 0 Å². The van der Waals surface area contributed by atoms with Crippen LogP contribution in [0.2, 0.25) is 0 Å². The largest absolute Gasteiger partial charge is 0.502 e. The Morgan fingerprint density at radius 1 is 1.23 bits per heavy atom. The van der Waals surface area contributed by atoms with Gasteiger partial charge in [0.15, 0.2) is 11.5 Å². The Bertz CT molecular complexity index is 274. The van der Waals surface area contributed by atoms with Crippen LogP contribution in [-0.4, -0.2) is 19.3 Å². The van der Waals surface area contributed by atoms with Crippen LogP contribution in [0, 0.1) is 0 Å². The molecule has 0 heterocycles. The molecule has 0 aromatic heterocycles. The first-order chi connectivity index (χ1) is 6.22. The number of benzene rings is 1. The lowest BCUT2D eigenvalue weighted by Crippen LogP contribution is -1.91. The van der Waals surface area contributed by atoms with Crippen LogP contribution in [0.1, 0.15) is 5.56 Å². The average Bonchev–Trinajstić information content (AvgIpc) is 2.18. The molecule has 3 nitrogen and oxygen atoms in total. The lowest BCUT2D eigenvalue weighted by atomic mass is 10.2. The second-order valence-corrected chi connectivity index (χ2v) is 3.04. The van der Waals surface area contributed by atoms with Crippen LogP contribution in [0.3, 0.4) is 0 Å². The molecule has 13 heavy (non-hydrogen) atoms. The van der Waals surface area contributed by atoms with Gasteiger partial charge in [-0.1, -0.05) is 15.9 Å². The lowest BCUT2D eigenvalue weighted by molar-refractivity contribution is 0.339. The molecule has 0 atom stereocenters. The highest BCUT2D eigenvalue weighted by atomic mass is 79.9. The van der Waals surface area contributed by atoms with E-state index in [2.05, 4.69) is 15.9 Å². The Morgan fingerprint density at radius 3 is 2.00 bits per heavy atom. The number of rotatable bonds is 3. The summed E-state index contributed by atoms with van der Waals surface area (Å²) in [7, 11) is 3.01. The van der Waals surface area contributed by atoms with E-state index in [-0.39, 0.29) is 5.75 Å². The first kappa shape index (κ1) is 10.2. The zero-order valence-electron chi connectivity index (χ0n) is 7.50. The molecule has 4 heteroatoms. The molecule has 0 aliphatic carbocycles. The summed E-state index contributed by atoms with van der Waals surface area (Å²) in [5.74, 6) is 0.886. The van der Waals surface area contributed by atoms with Gasteiger partial charge in [0.25, 0.3) is 0 Å². The van der Waals surface area contributed by atoms with Gasteiger partial charge in [0, 0.05) is 5.33 Å². The Kier molecular flexibility index (Phi) is 3.42. The van der Waals surface area contributed by atoms with Gasteiger partial charge in [-0.15, -0.1) is 0 Å². The maximum Gasteiger partial charge on any atom is 0.200 e. The third kappa shape index (κ3) is 2.06. The predicted octanol–water partition coefficient (Wildman–Crippen LogP) is 2.30. The molecular weight excluding hydrogens is 236 g/mol. The zero-order valence-corrected chi connectivity index (χ0v) is 9.09. The molecule has 0 bridgehead atoms. The molecule has 1 aromatic carbocycles. The molecule has 1 N–H and O–H groups in total. The van der Waals surface area contributed by atoms with Gasteiger partial charge in [-0.3, -0.25) is 0 Å². The monoisotopic (exact) mass is 246 g/mol. The van der Waals surface area contributed by atoms with E-state index in [0.717, 1.165) is 5.56 Å². The van der Waals surface area contributed by atoms with Gasteiger partial charge in [0.05, 0.1) is 14.2 Å². The predicted molar refractivity (Wildman–Crippen MR) is 53.8 cm³/mol. The number of phenolic OH excluding ortho intramolecular Hbond substituents is 1. The fourth-order valence-corrected chi connectivity index (χ4v) is 1.35. The summed E-state index contributed by atoms with van der Waals surface area (Å²) in [5, 5.41) is 10.2. The summed E-state index contributed by atoms with van der Waals surface area (Å²) < 4.78 is 9.96. The number of aromatic hydroxyl groups is 1. The van der Waals surface area contributed by atoms with Crippen LogP contribution in [0.25, 0.3) is 0 Å². The van der Waals surface area contributed by atoms with Gasteiger partial charge in [-0.05, 0) is 17.7 Å². The van der Waals surface area contributed by atoms with Crippen molar-refractivity contribution in [2.75, 3.05) is 14.2 Å². The molecule has 0 spiro atoms. The summed E-state index contributed by atoms with van der Waals surface area (Å²) in [4.78, 5) is 0. The molecule has 0 saturated carbocycles. The molecule has 0 radical (unpaired) electrons. The van der Waals surface area contributed by atoms with Crippen molar-refractivity contribution in [3.8, 4) is 17.2 Å². The highest BCUT2D eigenvalue weighted by Gasteiger charge is 2.09. The smallest absolute Gasteiger partial charge is 0.200 e. The van der Waals surface area contributed by atoms with Crippen molar-refractivity contribution in [3.63, 3.8) is 0 Å². The minimum absolute atomic E-state index is 0.0368. The van der Waals surface area contributed by atoms with Crippen molar-refractivity contribution in [3.05, 3.63) is 17.7 Å². The summed E-state index contributed by atoms with van der Waals surface area (Å²) in [6, 6.07) is 3.51. The fourth-order valence-electron chi connectivity index (χ4n) is 1.02. The SMILES string of the molecule is COc1cc(CBr)cc(OC)c1O. The van der Waals surface area contributed by atoms with E-state index in [1.807, 2.05) is 0 Å². The molecule has 1 rings (SSSR count). The van der Waals surface area contributed by atoms with Crippen molar-refractivity contribution < 1.29 is 14.6 Å². The van der Waals surface area contributed by atoms with E-state index in [1.54, 1.807) is 12.1 Å². The number of ether oxygens (including phenoxy) is 2. The van der Waals surface area contributed by atoms with Crippen LogP contribution >= 0.6 is 15.9 Å². The molecule has 0 aliphatic heterocycles. The Hall–Kier alpha value is -0.900. The molecular formula is C9H11BrO3. The molecule has 0 aliphatic rings. The number of halogens is 1. The van der Waals surface area contributed by atoms with E-state index in [0.29, 0.717) is 16.8 Å². The number of methoxy groups -OCH3 is 2. The third-order valence-corrected chi connectivity index (χ3v) is 2.34. The molecule has 1 aromatic rings. The van der Waals surface area contributed by atoms with Crippen LogP contribution in [0.15, 0.2) is 12.1 Å². The molecule has 0 fully saturated rings. The standard InChI is InChI=1S/C9H11BrO3/c1-12-7-3-6(5-10)4-8(13-2)9(7)11/h3-4,11H,5H2,1-2H3. The topological polar surface area (TPSA) is 38.7 Å². The van der Waals surface area contributed by atoms with Crippen molar-refractivity contribution in [1.82, 2.24) is 0 Å².